The Balaban J connectivity index is 1.28. The molecule has 0 fully saturated rings. The molecule has 10 aromatic rings. The third-order valence-corrected chi connectivity index (χ3v) is 12.6. The summed E-state index contributed by atoms with van der Waals surface area (Å²) in [5.41, 5.74) is 10.7. The molecule has 0 saturated carbocycles. The Morgan fingerprint density at radius 2 is 0.868 bits per heavy atom. The minimum absolute atomic E-state index is 0.489. The van der Waals surface area contributed by atoms with Crippen LogP contribution in [-0.2, 0) is 5.41 Å². The van der Waals surface area contributed by atoms with E-state index in [0.29, 0.717) is 0 Å². The molecule has 53 heavy (non-hydrogen) atoms. The van der Waals surface area contributed by atoms with Crippen molar-refractivity contribution in [3.63, 3.8) is 0 Å². The molecule has 0 atom stereocenters. The zero-order valence-corrected chi connectivity index (χ0v) is 29.7. The number of thiophene rings is 1. The molecule has 0 bridgehead atoms. The van der Waals surface area contributed by atoms with E-state index in [1.165, 1.54) is 92.2 Å². The molecule has 0 amide bonds. The fourth-order valence-electron chi connectivity index (χ4n) is 9.14. The summed E-state index contributed by atoms with van der Waals surface area (Å²) in [6, 6.07) is 74.0. The summed E-state index contributed by atoms with van der Waals surface area (Å²) in [7, 11) is 0. The van der Waals surface area contributed by atoms with Crippen LogP contribution in [0, 0.1) is 0 Å². The largest absolute Gasteiger partial charge is 0.308 e. The molecular weight excluding hydrogens is 659 g/mol. The second-order valence-corrected chi connectivity index (χ2v) is 15.0. The molecule has 0 N–H and O–H groups in total. The van der Waals surface area contributed by atoms with Gasteiger partial charge in [0.2, 0.25) is 0 Å². The lowest BCUT2D eigenvalue weighted by Crippen LogP contribution is -2.28. The molecular formula is C51H33NS. The fourth-order valence-corrected chi connectivity index (χ4v) is 10.5. The molecule has 2 heteroatoms. The summed E-state index contributed by atoms with van der Waals surface area (Å²) >= 11 is 1.91. The summed E-state index contributed by atoms with van der Waals surface area (Å²) < 4.78 is 2.62. The summed E-state index contributed by atoms with van der Waals surface area (Å²) in [4.78, 5) is 2.56. The van der Waals surface area contributed by atoms with Gasteiger partial charge in [0.05, 0.1) is 27.2 Å². The number of benzene rings is 9. The topological polar surface area (TPSA) is 3.24 Å². The van der Waals surface area contributed by atoms with E-state index in [4.69, 9.17) is 0 Å². The van der Waals surface area contributed by atoms with Crippen LogP contribution in [0.5, 0.6) is 0 Å². The zero-order valence-electron chi connectivity index (χ0n) is 28.9. The molecule has 0 aliphatic heterocycles. The number of hydrogen-bond acceptors (Lipinski definition) is 2. The van der Waals surface area contributed by atoms with Crippen molar-refractivity contribution in [1.82, 2.24) is 0 Å². The van der Waals surface area contributed by atoms with Crippen LogP contribution in [0.1, 0.15) is 22.3 Å². The molecule has 11 rings (SSSR count). The first-order valence-electron chi connectivity index (χ1n) is 18.3. The van der Waals surface area contributed by atoms with Crippen molar-refractivity contribution < 1.29 is 0 Å². The Kier molecular flexibility index (Phi) is 6.71. The van der Waals surface area contributed by atoms with Crippen LogP contribution in [-0.4, -0.2) is 0 Å². The van der Waals surface area contributed by atoms with E-state index in [9.17, 15) is 0 Å². The number of anilines is 3. The lowest BCUT2D eigenvalue weighted by atomic mass is 9.68. The number of hydrogen-bond donors (Lipinski definition) is 0. The van der Waals surface area contributed by atoms with E-state index in [0.717, 1.165) is 0 Å². The molecule has 248 valence electrons. The Labute approximate surface area is 312 Å². The van der Waals surface area contributed by atoms with Crippen molar-refractivity contribution in [3.8, 4) is 11.1 Å². The first-order valence-corrected chi connectivity index (χ1v) is 19.1. The predicted molar refractivity (Wildman–Crippen MR) is 226 cm³/mol. The number of rotatable bonds is 5. The van der Waals surface area contributed by atoms with Crippen LogP contribution < -0.4 is 4.90 Å². The highest BCUT2D eigenvalue weighted by Crippen LogP contribution is 2.60. The maximum Gasteiger partial charge on any atom is 0.0714 e. The van der Waals surface area contributed by atoms with Gasteiger partial charge in [-0.05, 0) is 62.2 Å². The second kappa shape index (κ2) is 11.8. The predicted octanol–water partition coefficient (Wildman–Crippen LogP) is 14.2. The SMILES string of the molecule is c1ccc(C2(c3ccccc3)c3ccccc3-c3c(N(c4cccc5ccccc45)c4cccc5c4sc4c6ccccc6ccc54)cccc32)cc1. The highest BCUT2D eigenvalue weighted by molar-refractivity contribution is 7.27. The highest BCUT2D eigenvalue weighted by atomic mass is 32.1. The lowest BCUT2D eigenvalue weighted by molar-refractivity contribution is 0.768. The van der Waals surface area contributed by atoms with Gasteiger partial charge in [0, 0.05) is 26.4 Å². The smallest absolute Gasteiger partial charge is 0.0714 e. The van der Waals surface area contributed by atoms with Gasteiger partial charge in [0.15, 0.2) is 0 Å². The molecule has 1 aliphatic rings. The Morgan fingerprint density at radius 3 is 1.66 bits per heavy atom. The maximum absolute atomic E-state index is 2.56. The molecule has 0 spiro atoms. The van der Waals surface area contributed by atoms with Gasteiger partial charge in [-0.2, -0.15) is 0 Å². The van der Waals surface area contributed by atoms with Crippen LogP contribution in [0.15, 0.2) is 200 Å². The van der Waals surface area contributed by atoms with E-state index < -0.39 is 5.41 Å². The van der Waals surface area contributed by atoms with Crippen LogP contribution in [0.2, 0.25) is 0 Å². The second-order valence-electron chi connectivity index (χ2n) is 14.0. The average molecular weight is 692 g/mol. The third-order valence-electron chi connectivity index (χ3n) is 11.3. The molecule has 1 aliphatic carbocycles. The first-order chi connectivity index (χ1) is 26.3. The van der Waals surface area contributed by atoms with Crippen molar-refractivity contribution >= 4 is 70.1 Å². The summed E-state index contributed by atoms with van der Waals surface area (Å²) in [6.45, 7) is 0. The van der Waals surface area contributed by atoms with E-state index in [1.807, 2.05) is 11.3 Å². The van der Waals surface area contributed by atoms with Gasteiger partial charge < -0.3 is 4.90 Å². The van der Waals surface area contributed by atoms with Gasteiger partial charge in [-0.1, -0.05) is 182 Å². The van der Waals surface area contributed by atoms with Crippen molar-refractivity contribution in [2.75, 3.05) is 4.90 Å². The van der Waals surface area contributed by atoms with Gasteiger partial charge >= 0.3 is 0 Å². The van der Waals surface area contributed by atoms with Crippen molar-refractivity contribution in [3.05, 3.63) is 222 Å². The maximum atomic E-state index is 2.56. The average Bonchev–Trinajstić information content (AvgIpc) is 3.77. The minimum Gasteiger partial charge on any atom is -0.308 e. The Morgan fingerprint density at radius 1 is 0.340 bits per heavy atom. The van der Waals surface area contributed by atoms with Gasteiger partial charge in [-0.3, -0.25) is 0 Å². The van der Waals surface area contributed by atoms with Crippen molar-refractivity contribution in [1.29, 1.82) is 0 Å². The molecule has 0 radical (unpaired) electrons. The van der Waals surface area contributed by atoms with Crippen LogP contribution >= 0.6 is 11.3 Å². The molecule has 9 aromatic carbocycles. The van der Waals surface area contributed by atoms with E-state index in [-0.39, 0.29) is 0 Å². The Hall–Kier alpha value is -6.48. The van der Waals surface area contributed by atoms with Gasteiger partial charge in [-0.15, -0.1) is 11.3 Å². The summed E-state index contributed by atoms with van der Waals surface area (Å²) in [5.74, 6) is 0. The molecule has 0 saturated heterocycles. The molecule has 1 heterocycles. The zero-order chi connectivity index (χ0) is 34.9. The van der Waals surface area contributed by atoms with Crippen molar-refractivity contribution in [2.24, 2.45) is 0 Å². The fraction of sp³-hybridized carbons (Fsp3) is 0.0196. The Bertz CT molecular complexity index is 2970. The van der Waals surface area contributed by atoms with Crippen LogP contribution in [0.25, 0.3) is 52.8 Å². The minimum atomic E-state index is -0.489. The van der Waals surface area contributed by atoms with Gasteiger partial charge in [0.1, 0.15) is 0 Å². The molecule has 0 unspecified atom stereocenters. The summed E-state index contributed by atoms with van der Waals surface area (Å²) in [5, 5.41) is 7.61. The quantitative estimate of drug-likeness (QED) is 0.174. The highest BCUT2D eigenvalue weighted by Gasteiger charge is 2.47. The van der Waals surface area contributed by atoms with Crippen molar-refractivity contribution in [2.45, 2.75) is 5.41 Å². The standard InChI is InChI=1S/C51H33NS/c1-3-19-36(20-4-1)51(37-21-5-2-6-22-37)43-27-12-11-25-42(43)48-44(51)28-15-30-46(48)52(45-29-13-18-34-16-7-9-23-38(34)45)47-31-14-26-40-41-33-32-35-17-8-10-24-39(35)49(41)53-50(40)47/h1-33H. The monoisotopic (exact) mass is 691 g/mol. The lowest BCUT2D eigenvalue weighted by Gasteiger charge is -2.34. The van der Waals surface area contributed by atoms with Crippen LogP contribution in [0.4, 0.5) is 17.1 Å². The van der Waals surface area contributed by atoms with E-state index in [1.54, 1.807) is 0 Å². The third kappa shape index (κ3) is 4.30. The normalized spacial score (nSPS) is 13.1. The first kappa shape index (κ1) is 30.2. The number of fused-ring (bicyclic) bond motifs is 9. The molecule has 1 nitrogen and oxygen atoms in total. The van der Waals surface area contributed by atoms with Gasteiger partial charge in [0.25, 0.3) is 0 Å². The summed E-state index contributed by atoms with van der Waals surface area (Å²) in [6.07, 6.45) is 0. The van der Waals surface area contributed by atoms with E-state index in [2.05, 4.69) is 205 Å². The van der Waals surface area contributed by atoms with E-state index >= 15 is 0 Å². The van der Waals surface area contributed by atoms with Crippen LogP contribution in [0.3, 0.4) is 0 Å². The van der Waals surface area contributed by atoms with Gasteiger partial charge in [-0.25, -0.2) is 0 Å². The molecule has 1 aromatic heterocycles. The number of nitrogens with zero attached hydrogens (tertiary/aromatic N) is 1.